The van der Waals surface area contributed by atoms with Gasteiger partial charge in [0, 0.05) is 6.54 Å². The largest absolute Gasteiger partial charge is 0.506 e. The molecule has 1 saturated carbocycles. The van der Waals surface area contributed by atoms with E-state index in [1.54, 1.807) is 6.07 Å². The molecular weight excluding hydrogens is 188 g/mol. The summed E-state index contributed by atoms with van der Waals surface area (Å²) in [5.74, 6) is 1.19. The summed E-state index contributed by atoms with van der Waals surface area (Å²) in [5.41, 5.74) is 0.987. The summed E-state index contributed by atoms with van der Waals surface area (Å²) in [7, 11) is 0. The fourth-order valence-electron chi connectivity index (χ4n) is 1.83. The minimum atomic E-state index is 0.230. The lowest BCUT2D eigenvalue weighted by Gasteiger charge is -2.25. The van der Waals surface area contributed by atoms with Gasteiger partial charge in [-0.15, -0.1) is 0 Å². The second kappa shape index (κ2) is 5.12. The molecule has 0 spiro atoms. The van der Waals surface area contributed by atoms with Crippen molar-refractivity contribution in [1.82, 2.24) is 10.3 Å². The number of pyridine rings is 1. The zero-order valence-electron chi connectivity index (χ0n) is 8.95. The fourth-order valence-corrected chi connectivity index (χ4v) is 1.83. The van der Waals surface area contributed by atoms with Gasteiger partial charge in [-0.05, 0) is 31.0 Å². The second-order valence-electron chi connectivity index (χ2n) is 4.27. The van der Waals surface area contributed by atoms with Gasteiger partial charge in [0.2, 0.25) is 0 Å². The molecule has 1 heterocycles. The normalized spacial score (nSPS) is 16.3. The van der Waals surface area contributed by atoms with E-state index in [0.717, 1.165) is 24.7 Å². The first-order chi connectivity index (χ1) is 7.34. The topological polar surface area (TPSA) is 45.1 Å². The third kappa shape index (κ3) is 3.20. The van der Waals surface area contributed by atoms with Crippen molar-refractivity contribution >= 4 is 0 Å². The fraction of sp³-hybridized carbons (Fsp3) is 0.583. The van der Waals surface area contributed by atoms with Crippen LogP contribution in [-0.2, 0) is 6.54 Å². The Balaban J connectivity index is 1.62. The van der Waals surface area contributed by atoms with Crippen LogP contribution in [0.15, 0.2) is 18.3 Å². The molecule has 1 fully saturated rings. The maximum absolute atomic E-state index is 9.06. The molecule has 0 radical (unpaired) electrons. The maximum atomic E-state index is 9.06. The molecule has 2 N–H and O–H groups in total. The minimum absolute atomic E-state index is 0.230. The molecule has 0 amide bonds. The summed E-state index contributed by atoms with van der Waals surface area (Å²) in [6, 6.07) is 3.53. The lowest BCUT2D eigenvalue weighted by molar-refractivity contribution is 0.292. The van der Waals surface area contributed by atoms with Crippen molar-refractivity contribution in [3.8, 4) is 5.75 Å². The SMILES string of the molecule is Oc1ccc(CNCCC2CCC2)nc1. The second-order valence-corrected chi connectivity index (χ2v) is 4.27. The van der Waals surface area contributed by atoms with E-state index in [2.05, 4.69) is 10.3 Å². The molecule has 1 aromatic heterocycles. The zero-order chi connectivity index (χ0) is 10.5. The summed E-state index contributed by atoms with van der Waals surface area (Å²) in [5, 5.41) is 12.4. The predicted octanol–water partition coefficient (Wildman–Crippen LogP) is 2.07. The molecule has 2 rings (SSSR count). The van der Waals surface area contributed by atoms with Crippen molar-refractivity contribution < 1.29 is 5.11 Å². The molecule has 0 atom stereocenters. The van der Waals surface area contributed by atoms with E-state index >= 15 is 0 Å². The van der Waals surface area contributed by atoms with Gasteiger partial charge in [0.1, 0.15) is 5.75 Å². The van der Waals surface area contributed by atoms with Gasteiger partial charge >= 0.3 is 0 Å². The van der Waals surface area contributed by atoms with Gasteiger partial charge in [-0.3, -0.25) is 4.98 Å². The van der Waals surface area contributed by atoms with E-state index < -0.39 is 0 Å². The minimum Gasteiger partial charge on any atom is -0.506 e. The average molecular weight is 206 g/mol. The molecule has 1 aliphatic carbocycles. The summed E-state index contributed by atoms with van der Waals surface area (Å²) >= 11 is 0. The van der Waals surface area contributed by atoms with Gasteiger partial charge in [-0.2, -0.15) is 0 Å². The number of nitrogens with zero attached hydrogens (tertiary/aromatic N) is 1. The highest BCUT2D eigenvalue weighted by atomic mass is 16.3. The first kappa shape index (κ1) is 10.4. The molecule has 15 heavy (non-hydrogen) atoms. The van der Waals surface area contributed by atoms with Crippen molar-refractivity contribution in [3.63, 3.8) is 0 Å². The zero-order valence-corrected chi connectivity index (χ0v) is 8.95. The number of aromatic hydroxyl groups is 1. The van der Waals surface area contributed by atoms with Crippen LogP contribution in [0.1, 0.15) is 31.4 Å². The lowest BCUT2D eigenvalue weighted by Crippen LogP contribution is -2.21. The Kier molecular flexibility index (Phi) is 3.56. The van der Waals surface area contributed by atoms with Gasteiger partial charge in [-0.1, -0.05) is 19.3 Å². The Morgan fingerprint density at radius 3 is 2.87 bits per heavy atom. The molecule has 0 bridgehead atoms. The molecular formula is C12H18N2O. The Bertz CT molecular complexity index is 293. The number of hydrogen-bond acceptors (Lipinski definition) is 3. The molecule has 3 nitrogen and oxygen atoms in total. The number of nitrogens with one attached hydrogen (secondary N) is 1. The molecule has 82 valence electrons. The number of hydrogen-bond donors (Lipinski definition) is 2. The van der Waals surface area contributed by atoms with Gasteiger partial charge in [0.05, 0.1) is 11.9 Å². The van der Waals surface area contributed by atoms with Crippen molar-refractivity contribution in [2.75, 3.05) is 6.54 Å². The lowest BCUT2D eigenvalue weighted by atomic mass is 9.83. The van der Waals surface area contributed by atoms with Crippen LogP contribution in [-0.4, -0.2) is 16.6 Å². The highest BCUT2D eigenvalue weighted by Gasteiger charge is 2.15. The molecule has 0 unspecified atom stereocenters. The highest BCUT2D eigenvalue weighted by molar-refractivity contribution is 5.17. The van der Waals surface area contributed by atoms with E-state index in [1.807, 2.05) is 6.07 Å². The third-order valence-electron chi connectivity index (χ3n) is 3.07. The van der Waals surface area contributed by atoms with E-state index in [1.165, 1.54) is 31.9 Å². The molecule has 0 aliphatic heterocycles. The van der Waals surface area contributed by atoms with Crippen LogP contribution in [0.4, 0.5) is 0 Å². The van der Waals surface area contributed by atoms with Gasteiger partial charge in [0.25, 0.3) is 0 Å². The standard InChI is InChI=1S/C12H18N2O/c15-12-5-4-11(14-9-12)8-13-7-6-10-2-1-3-10/h4-5,9-10,13,15H,1-3,6-8H2. The Hall–Kier alpha value is -1.09. The van der Waals surface area contributed by atoms with Crippen molar-refractivity contribution in [3.05, 3.63) is 24.0 Å². The first-order valence-corrected chi connectivity index (χ1v) is 5.69. The maximum Gasteiger partial charge on any atom is 0.133 e. The Labute approximate surface area is 90.5 Å². The van der Waals surface area contributed by atoms with Crippen molar-refractivity contribution in [1.29, 1.82) is 0 Å². The van der Waals surface area contributed by atoms with E-state index in [9.17, 15) is 0 Å². The van der Waals surface area contributed by atoms with Crippen LogP contribution >= 0.6 is 0 Å². The highest BCUT2D eigenvalue weighted by Crippen LogP contribution is 2.28. The monoisotopic (exact) mass is 206 g/mol. The molecule has 1 aromatic rings. The Morgan fingerprint density at radius 2 is 2.27 bits per heavy atom. The van der Waals surface area contributed by atoms with Crippen molar-refractivity contribution in [2.24, 2.45) is 5.92 Å². The van der Waals surface area contributed by atoms with Crippen molar-refractivity contribution in [2.45, 2.75) is 32.2 Å². The summed E-state index contributed by atoms with van der Waals surface area (Å²) in [4.78, 5) is 4.12. The van der Waals surface area contributed by atoms with Crippen LogP contribution in [0.5, 0.6) is 5.75 Å². The van der Waals surface area contributed by atoms with Gasteiger partial charge in [0.15, 0.2) is 0 Å². The number of aromatic nitrogens is 1. The molecule has 1 aliphatic rings. The smallest absolute Gasteiger partial charge is 0.133 e. The predicted molar refractivity (Wildman–Crippen MR) is 59.6 cm³/mol. The third-order valence-corrected chi connectivity index (χ3v) is 3.07. The van der Waals surface area contributed by atoms with Gasteiger partial charge < -0.3 is 10.4 Å². The van der Waals surface area contributed by atoms with Crippen LogP contribution < -0.4 is 5.32 Å². The van der Waals surface area contributed by atoms with Crippen LogP contribution in [0.2, 0.25) is 0 Å². The van der Waals surface area contributed by atoms with E-state index in [4.69, 9.17) is 5.11 Å². The summed E-state index contributed by atoms with van der Waals surface area (Å²) in [6.07, 6.45) is 7.03. The van der Waals surface area contributed by atoms with Crippen LogP contribution in [0, 0.1) is 5.92 Å². The molecule has 0 aromatic carbocycles. The summed E-state index contributed by atoms with van der Waals surface area (Å²) in [6.45, 7) is 1.88. The molecule has 3 heteroatoms. The summed E-state index contributed by atoms with van der Waals surface area (Å²) < 4.78 is 0. The average Bonchev–Trinajstić information content (AvgIpc) is 2.18. The van der Waals surface area contributed by atoms with Gasteiger partial charge in [-0.25, -0.2) is 0 Å². The number of rotatable bonds is 5. The molecule has 0 saturated heterocycles. The Morgan fingerprint density at radius 1 is 1.40 bits per heavy atom. The first-order valence-electron chi connectivity index (χ1n) is 5.69. The van der Waals surface area contributed by atoms with E-state index in [0.29, 0.717) is 0 Å². The van der Waals surface area contributed by atoms with Crippen LogP contribution in [0.25, 0.3) is 0 Å². The quantitative estimate of drug-likeness (QED) is 0.725. The van der Waals surface area contributed by atoms with Crippen LogP contribution in [0.3, 0.4) is 0 Å². The van der Waals surface area contributed by atoms with E-state index in [-0.39, 0.29) is 5.75 Å².